The van der Waals surface area contributed by atoms with Gasteiger partial charge in [0, 0.05) is 17.6 Å². The maximum atomic E-state index is 13.0. The molecule has 2 aromatic rings. The highest BCUT2D eigenvalue weighted by Gasteiger charge is 2.25. The second kappa shape index (κ2) is 10.4. The van der Waals surface area contributed by atoms with Crippen molar-refractivity contribution in [1.29, 1.82) is 0 Å². The Morgan fingerprint density at radius 2 is 1.48 bits per heavy atom. The number of carbonyl (C=O) groups excluding carboxylic acids is 2. The first-order chi connectivity index (χ1) is 15.1. The molecule has 2 rings (SSSR count). The summed E-state index contributed by atoms with van der Waals surface area (Å²) < 4.78 is 32.8. The van der Waals surface area contributed by atoms with E-state index in [1.165, 1.54) is 24.3 Å². The number of ether oxygens (including phenoxy) is 1. The lowest BCUT2D eigenvalue weighted by Gasteiger charge is -2.23. The largest absolute Gasteiger partial charge is 0.444 e. The molecular formula is C24H33N3O5S. The van der Waals surface area contributed by atoms with E-state index in [0.29, 0.717) is 5.69 Å². The van der Waals surface area contributed by atoms with Crippen LogP contribution in [0.15, 0.2) is 59.5 Å². The standard InChI is InChI=1S/C24H33N3O5S/c1-23(2,3)27-33(30,31)19-14-12-18(13-15-19)25-21(28)20(16-17-10-8-7-9-11-17)26-22(29)32-24(4,5)6/h7-15,20,27H,16H2,1-6H3,(H,25,28)(H,26,29)/t20-/m0/s1. The Morgan fingerprint density at radius 1 is 0.909 bits per heavy atom. The van der Waals surface area contributed by atoms with Gasteiger partial charge in [-0.2, -0.15) is 0 Å². The van der Waals surface area contributed by atoms with Crippen LogP contribution >= 0.6 is 0 Å². The van der Waals surface area contributed by atoms with Gasteiger partial charge in [0.1, 0.15) is 11.6 Å². The number of alkyl carbamates (subject to hydrolysis) is 1. The molecule has 0 heterocycles. The molecule has 0 aliphatic rings. The molecule has 0 saturated heterocycles. The molecule has 0 saturated carbocycles. The number of benzene rings is 2. The van der Waals surface area contributed by atoms with Gasteiger partial charge in [-0.3, -0.25) is 4.79 Å². The third kappa shape index (κ3) is 9.23. The van der Waals surface area contributed by atoms with Gasteiger partial charge in [-0.1, -0.05) is 30.3 Å². The fraction of sp³-hybridized carbons (Fsp3) is 0.417. The molecule has 2 aromatic carbocycles. The lowest BCUT2D eigenvalue weighted by molar-refractivity contribution is -0.118. The zero-order valence-corrected chi connectivity index (χ0v) is 20.7. The van der Waals surface area contributed by atoms with E-state index in [0.717, 1.165) is 5.56 Å². The van der Waals surface area contributed by atoms with Crippen LogP contribution in [0.3, 0.4) is 0 Å². The molecule has 0 bridgehead atoms. The van der Waals surface area contributed by atoms with Crippen molar-refractivity contribution >= 4 is 27.7 Å². The SMILES string of the molecule is CC(C)(C)NS(=O)(=O)c1ccc(NC(=O)[C@H](Cc2ccccc2)NC(=O)OC(C)(C)C)cc1. The minimum absolute atomic E-state index is 0.0862. The highest BCUT2D eigenvalue weighted by atomic mass is 32.2. The Balaban J connectivity index is 2.16. The van der Waals surface area contributed by atoms with Crippen LogP contribution in [0.2, 0.25) is 0 Å². The molecule has 1 atom stereocenters. The summed E-state index contributed by atoms with van der Waals surface area (Å²) in [5, 5.41) is 5.36. The molecule has 0 fully saturated rings. The van der Waals surface area contributed by atoms with E-state index in [1.54, 1.807) is 41.5 Å². The van der Waals surface area contributed by atoms with Gasteiger partial charge in [0.05, 0.1) is 4.90 Å². The molecule has 9 heteroatoms. The van der Waals surface area contributed by atoms with Crippen LogP contribution in [-0.2, 0) is 26.0 Å². The molecule has 0 unspecified atom stereocenters. The molecule has 0 aliphatic heterocycles. The van der Waals surface area contributed by atoms with E-state index < -0.39 is 39.2 Å². The maximum absolute atomic E-state index is 13.0. The normalized spacial score (nSPS) is 13.2. The first-order valence-electron chi connectivity index (χ1n) is 10.6. The topological polar surface area (TPSA) is 114 Å². The van der Waals surface area contributed by atoms with Crippen molar-refractivity contribution in [2.24, 2.45) is 0 Å². The number of anilines is 1. The van der Waals surface area contributed by atoms with Gasteiger partial charge in [-0.15, -0.1) is 0 Å². The second-order valence-corrected chi connectivity index (χ2v) is 11.4. The van der Waals surface area contributed by atoms with Gasteiger partial charge in [-0.05, 0) is 71.4 Å². The van der Waals surface area contributed by atoms with Crippen molar-refractivity contribution in [2.75, 3.05) is 5.32 Å². The lowest BCUT2D eigenvalue weighted by Crippen LogP contribution is -2.47. The van der Waals surface area contributed by atoms with E-state index in [4.69, 9.17) is 4.74 Å². The van der Waals surface area contributed by atoms with Crippen LogP contribution < -0.4 is 15.4 Å². The number of nitrogens with one attached hydrogen (secondary N) is 3. The monoisotopic (exact) mass is 475 g/mol. The molecular weight excluding hydrogens is 442 g/mol. The highest BCUT2D eigenvalue weighted by molar-refractivity contribution is 7.89. The zero-order chi connectivity index (χ0) is 24.9. The number of rotatable bonds is 7. The van der Waals surface area contributed by atoms with Crippen LogP contribution in [0.1, 0.15) is 47.1 Å². The molecule has 0 radical (unpaired) electrons. The quantitative estimate of drug-likeness (QED) is 0.563. The predicted molar refractivity (Wildman–Crippen MR) is 128 cm³/mol. The summed E-state index contributed by atoms with van der Waals surface area (Å²) in [6.45, 7) is 10.5. The van der Waals surface area contributed by atoms with Gasteiger partial charge in [0.2, 0.25) is 15.9 Å². The summed E-state index contributed by atoms with van der Waals surface area (Å²) in [6.07, 6.45) is -0.443. The van der Waals surface area contributed by atoms with Crippen LogP contribution in [0.25, 0.3) is 0 Å². The van der Waals surface area contributed by atoms with Crippen LogP contribution in [0.4, 0.5) is 10.5 Å². The molecule has 180 valence electrons. The van der Waals surface area contributed by atoms with Gasteiger partial charge in [0.25, 0.3) is 0 Å². The fourth-order valence-corrected chi connectivity index (χ4v) is 4.34. The molecule has 33 heavy (non-hydrogen) atoms. The van der Waals surface area contributed by atoms with E-state index >= 15 is 0 Å². The van der Waals surface area contributed by atoms with Gasteiger partial charge in [0.15, 0.2) is 0 Å². The zero-order valence-electron chi connectivity index (χ0n) is 19.9. The van der Waals surface area contributed by atoms with E-state index in [1.807, 2.05) is 30.3 Å². The van der Waals surface area contributed by atoms with E-state index in [-0.39, 0.29) is 11.3 Å². The molecule has 0 aliphatic carbocycles. The summed E-state index contributed by atoms with van der Waals surface area (Å²) in [5.41, 5.74) is -0.0635. The first kappa shape index (κ1) is 26.3. The minimum atomic E-state index is -3.69. The average Bonchev–Trinajstić information content (AvgIpc) is 2.65. The third-order valence-electron chi connectivity index (χ3n) is 4.16. The summed E-state index contributed by atoms with van der Waals surface area (Å²) in [7, 11) is -3.69. The van der Waals surface area contributed by atoms with Crippen molar-refractivity contribution in [3.05, 3.63) is 60.2 Å². The van der Waals surface area contributed by atoms with Crippen molar-refractivity contribution in [1.82, 2.24) is 10.0 Å². The summed E-state index contributed by atoms with van der Waals surface area (Å²) >= 11 is 0. The fourth-order valence-electron chi connectivity index (χ4n) is 2.92. The van der Waals surface area contributed by atoms with Gasteiger partial charge in [-0.25, -0.2) is 17.9 Å². The maximum Gasteiger partial charge on any atom is 0.408 e. The highest BCUT2D eigenvalue weighted by Crippen LogP contribution is 2.17. The van der Waals surface area contributed by atoms with Crippen molar-refractivity contribution < 1.29 is 22.7 Å². The Labute approximate surface area is 196 Å². The summed E-state index contributed by atoms with van der Waals surface area (Å²) in [5.74, 6) is -0.451. The molecule has 8 nitrogen and oxygen atoms in total. The number of carbonyl (C=O) groups is 2. The van der Waals surface area contributed by atoms with Crippen LogP contribution in [-0.4, -0.2) is 37.6 Å². The number of hydrogen-bond acceptors (Lipinski definition) is 5. The van der Waals surface area contributed by atoms with E-state index in [9.17, 15) is 18.0 Å². The Hall–Kier alpha value is -2.91. The Bertz CT molecular complexity index is 1050. The van der Waals surface area contributed by atoms with Crippen LogP contribution in [0.5, 0.6) is 0 Å². The molecule has 3 N–H and O–H groups in total. The summed E-state index contributed by atoms with van der Waals surface area (Å²) in [4.78, 5) is 25.4. The smallest absolute Gasteiger partial charge is 0.408 e. The number of hydrogen-bond donors (Lipinski definition) is 3. The first-order valence-corrected chi connectivity index (χ1v) is 12.1. The molecule has 2 amide bonds. The third-order valence-corrected chi connectivity index (χ3v) is 5.94. The molecule has 0 spiro atoms. The Morgan fingerprint density at radius 3 is 2.00 bits per heavy atom. The lowest BCUT2D eigenvalue weighted by atomic mass is 10.1. The van der Waals surface area contributed by atoms with Gasteiger partial charge < -0.3 is 15.4 Å². The second-order valence-electron chi connectivity index (χ2n) is 9.76. The van der Waals surface area contributed by atoms with Crippen LogP contribution in [0, 0.1) is 0 Å². The average molecular weight is 476 g/mol. The van der Waals surface area contributed by atoms with E-state index in [2.05, 4.69) is 15.4 Å². The molecule has 0 aromatic heterocycles. The van der Waals surface area contributed by atoms with Crippen molar-refractivity contribution in [3.8, 4) is 0 Å². The predicted octanol–water partition coefficient (Wildman–Crippen LogP) is 3.84. The minimum Gasteiger partial charge on any atom is -0.444 e. The number of amides is 2. The number of sulfonamides is 1. The van der Waals surface area contributed by atoms with Crippen molar-refractivity contribution in [2.45, 2.75) is 70.0 Å². The Kier molecular flexibility index (Phi) is 8.26. The summed E-state index contributed by atoms with van der Waals surface area (Å²) in [6, 6.07) is 14.2. The van der Waals surface area contributed by atoms with Gasteiger partial charge >= 0.3 is 6.09 Å². The van der Waals surface area contributed by atoms with Crippen molar-refractivity contribution in [3.63, 3.8) is 0 Å².